The summed E-state index contributed by atoms with van der Waals surface area (Å²) in [6, 6.07) is 10.8. The molecule has 3 saturated heterocycles. The highest BCUT2D eigenvalue weighted by molar-refractivity contribution is 7.14. The van der Waals surface area contributed by atoms with Gasteiger partial charge in [0.05, 0.1) is 26.5 Å². The molecule has 264 valence electrons. The van der Waals surface area contributed by atoms with Gasteiger partial charge in [-0.05, 0) is 79.7 Å². The van der Waals surface area contributed by atoms with Gasteiger partial charge in [-0.15, -0.1) is 11.3 Å². The average molecular weight is 748 g/mol. The van der Waals surface area contributed by atoms with E-state index in [1.807, 2.05) is 0 Å². The van der Waals surface area contributed by atoms with E-state index in [1.165, 1.54) is 44.8 Å². The summed E-state index contributed by atoms with van der Waals surface area (Å²) in [5.74, 6) is -2.50. The van der Waals surface area contributed by atoms with Crippen LogP contribution < -0.4 is 19.1 Å². The van der Waals surface area contributed by atoms with Gasteiger partial charge in [0.15, 0.2) is 23.1 Å². The summed E-state index contributed by atoms with van der Waals surface area (Å²) >= 11 is 14.0. The number of pyridine rings is 1. The van der Waals surface area contributed by atoms with Gasteiger partial charge in [-0.25, -0.2) is 14.0 Å². The minimum atomic E-state index is -1.22. The Bertz CT molecular complexity index is 1900. The lowest BCUT2D eigenvalue weighted by atomic mass is 9.85. The number of fused-ring (bicyclic) bond motifs is 3. The number of methoxy groups -OCH3 is 2. The first-order valence-corrected chi connectivity index (χ1v) is 17.4. The fourth-order valence-corrected chi connectivity index (χ4v) is 8.39. The minimum absolute atomic E-state index is 0.0257. The number of carboxylic acids is 1. The molecule has 2 bridgehead atoms. The van der Waals surface area contributed by atoms with Crippen LogP contribution in [-0.2, 0) is 17.7 Å². The monoisotopic (exact) mass is 746 g/mol. The SMILES string of the molecule is COc1ccc([C@H](Cc2c(Cl)c[n+](O)cc2Cl)c2cc(CN(C(=O)O[C@H]3CN4CCC3CC4)c3cccc(O)c3F)sc2C(=O)O)cc1OC. The van der Waals surface area contributed by atoms with Gasteiger partial charge in [0, 0.05) is 27.6 Å². The fourth-order valence-electron chi connectivity index (χ4n) is 6.74. The maximum atomic E-state index is 15.4. The van der Waals surface area contributed by atoms with Crippen LogP contribution in [0.25, 0.3) is 0 Å². The fraction of sp³-hybridized carbons (Fsp3) is 0.343. The van der Waals surface area contributed by atoms with Gasteiger partial charge in [-0.3, -0.25) is 15.0 Å². The van der Waals surface area contributed by atoms with Crippen molar-refractivity contribution in [2.75, 3.05) is 38.8 Å². The molecule has 2 aromatic carbocycles. The summed E-state index contributed by atoms with van der Waals surface area (Å²) in [5.41, 5.74) is 1.26. The second kappa shape index (κ2) is 14.9. The van der Waals surface area contributed by atoms with Crippen molar-refractivity contribution in [1.29, 1.82) is 0 Å². The quantitative estimate of drug-likeness (QED) is 0.113. The number of amides is 1. The van der Waals surface area contributed by atoms with Crippen molar-refractivity contribution in [3.8, 4) is 17.2 Å². The molecular weight excluding hydrogens is 712 g/mol. The van der Waals surface area contributed by atoms with Gasteiger partial charge in [-0.1, -0.05) is 35.3 Å². The first kappa shape index (κ1) is 35.5. The molecule has 7 rings (SSSR count). The smallest absolute Gasteiger partial charge is 0.415 e. The number of phenolic OH excluding ortho intramolecular Hbond substituents is 1. The molecule has 0 saturated carbocycles. The normalized spacial score (nSPS) is 18.8. The molecule has 11 nitrogen and oxygen atoms in total. The molecule has 2 aromatic heterocycles. The number of phenols is 1. The van der Waals surface area contributed by atoms with Gasteiger partial charge in [0.2, 0.25) is 12.4 Å². The van der Waals surface area contributed by atoms with E-state index in [0.717, 1.165) is 46.9 Å². The third-order valence-electron chi connectivity index (χ3n) is 9.30. The molecule has 5 heterocycles. The number of carbonyl (C=O) groups excluding carboxylic acids is 1. The third-order valence-corrected chi connectivity index (χ3v) is 11.1. The highest BCUT2D eigenvalue weighted by atomic mass is 35.5. The molecule has 4 aromatic rings. The number of aromatic hydroxyl groups is 1. The first-order valence-electron chi connectivity index (χ1n) is 15.8. The van der Waals surface area contributed by atoms with Crippen molar-refractivity contribution in [2.24, 2.45) is 5.92 Å². The molecule has 15 heteroatoms. The van der Waals surface area contributed by atoms with Crippen molar-refractivity contribution < 1.29 is 48.3 Å². The van der Waals surface area contributed by atoms with Crippen LogP contribution in [0.5, 0.6) is 17.2 Å². The number of benzene rings is 2. The number of nitrogens with zero attached hydrogens (tertiary/aromatic N) is 3. The summed E-state index contributed by atoms with van der Waals surface area (Å²) in [5, 5.41) is 31.0. The number of aromatic nitrogens is 1. The van der Waals surface area contributed by atoms with Crippen molar-refractivity contribution in [3.05, 3.63) is 97.2 Å². The molecular formula is C35H35Cl2FN3O8S+. The minimum Gasteiger partial charge on any atom is -0.505 e. The lowest BCUT2D eigenvalue weighted by Gasteiger charge is -2.44. The molecule has 3 N–H and O–H groups in total. The van der Waals surface area contributed by atoms with E-state index in [1.54, 1.807) is 24.3 Å². The number of piperidine rings is 3. The largest absolute Gasteiger partial charge is 0.505 e. The van der Waals surface area contributed by atoms with Crippen LogP contribution in [0.3, 0.4) is 0 Å². The number of halogens is 3. The Morgan fingerprint density at radius 2 is 1.78 bits per heavy atom. The Balaban J connectivity index is 1.42. The number of anilines is 1. The maximum absolute atomic E-state index is 15.4. The number of aromatic carboxylic acids is 1. The number of carbonyl (C=O) groups is 2. The number of thiophene rings is 1. The van der Waals surface area contributed by atoms with Crippen LogP contribution in [-0.4, -0.2) is 72.3 Å². The zero-order valence-electron chi connectivity index (χ0n) is 27.1. The number of hydrogen-bond acceptors (Lipinski definition) is 9. The predicted octanol–water partition coefficient (Wildman–Crippen LogP) is 6.75. The topological polar surface area (TPSA) is 133 Å². The van der Waals surface area contributed by atoms with Crippen LogP contribution in [0.2, 0.25) is 10.0 Å². The van der Waals surface area contributed by atoms with Gasteiger partial charge < -0.3 is 24.4 Å². The lowest BCUT2D eigenvalue weighted by Crippen LogP contribution is -2.53. The van der Waals surface area contributed by atoms with E-state index in [4.69, 9.17) is 37.4 Å². The Morgan fingerprint density at radius 1 is 1.08 bits per heavy atom. The van der Waals surface area contributed by atoms with Crippen LogP contribution in [0, 0.1) is 11.7 Å². The molecule has 1 amide bonds. The lowest BCUT2D eigenvalue weighted by molar-refractivity contribution is -0.904. The van der Waals surface area contributed by atoms with Crippen LogP contribution in [0.1, 0.15) is 50.0 Å². The molecule has 2 atom stereocenters. The average Bonchev–Trinajstić information content (AvgIpc) is 3.52. The van der Waals surface area contributed by atoms with Crippen molar-refractivity contribution in [3.63, 3.8) is 0 Å². The Kier molecular flexibility index (Phi) is 10.6. The number of carboxylic acid groups (broad SMARTS) is 1. The zero-order valence-corrected chi connectivity index (χ0v) is 29.5. The molecule has 0 radical (unpaired) electrons. The standard InChI is InChI=1S/C35H34Cl2FN3O8S/c1-47-29-7-6-20(12-30(29)48-2)22(14-24-25(36)16-40(46)17-26(24)37)23-13-21(50-33(23)34(43)44)15-41(27-4-3-5-28(42)32(27)38)35(45)49-31-18-39-10-8-19(31)9-11-39/h3-7,12-13,16-17,19,22,31H,8-11,14-15,18H2,1-2H3,(H2-,42,43,44,46)/p+1/t22-,31-/m0/s1. The Labute approximate surface area is 301 Å². The third kappa shape index (κ3) is 7.27. The second-order valence-electron chi connectivity index (χ2n) is 12.2. The van der Waals surface area contributed by atoms with Crippen LogP contribution >= 0.6 is 34.5 Å². The molecule has 0 spiro atoms. The summed E-state index contributed by atoms with van der Waals surface area (Å²) in [6.45, 7) is 2.19. The van der Waals surface area contributed by atoms with E-state index in [2.05, 4.69) is 4.90 Å². The van der Waals surface area contributed by atoms with E-state index < -0.39 is 29.5 Å². The van der Waals surface area contributed by atoms with E-state index in [0.29, 0.717) is 39.6 Å². The molecule has 3 fully saturated rings. The summed E-state index contributed by atoms with van der Waals surface area (Å²) in [4.78, 5) is 30.4. The molecule has 0 unspecified atom stereocenters. The van der Waals surface area contributed by atoms with Gasteiger partial charge in [-0.2, -0.15) is 0 Å². The molecule has 0 aliphatic carbocycles. The van der Waals surface area contributed by atoms with Gasteiger partial charge >= 0.3 is 12.1 Å². The van der Waals surface area contributed by atoms with Crippen LogP contribution in [0.15, 0.2) is 54.9 Å². The summed E-state index contributed by atoms with van der Waals surface area (Å²) < 4.78 is 33.1. The molecule has 3 aliphatic heterocycles. The number of hydrogen-bond donors (Lipinski definition) is 3. The van der Waals surface area contributed by atoms with Crippen LogP contribution in [0.4, 0.5) is 14.9 Å². The Hall–Kier alpha value is -4.30. The zero-order chi connectivity index (χ0) is 35.7. The highest BCUT2D eigenvalue weighted by Crippen LogP contribution is 2.42. The van der Waals surface area contributed by atoms with Crippen molar-refractivity contribution >= 4 is 52.3 Å². The molecule has 50 heavy (non-hydrogen) atoms. The maximum Gasteiger partial charge on any atom is 0.415 e. The van der Waals surface area contributed by atoms with Gasteiger partial charge in [0.25, 0.3) is 0 Å². The summed E-state index contributed by atoms with van der Waals surface area (Å²) in [6.07, 6.45) is 3.24. The number of rotatable bonds is 11. The highest BCUT2D eigenvalue weighted by Gasteiger charge is 2.38. The first-order chi connectivity index (χ1) is 24.0. The van der Waals surface area contributed by atoms with Gasteiger partial charge in [0.1, 0.15) is 21.0 Å². The molecule has 3 aliphatic rings. The van der Waals surface area contributed by atoms with Crippen molar-refractivity contribution in [1.82, 2.24) is 4.90 Å². The van der Waals surface area contributed by atoms with Crippen molar-refractivity contribution in [2.45, 2.75) is 37.8 Å². The Morgan fingerprint density at radius 3 is 2.40 bits per heavy atom. The second-order valence-corrected chi connectivity index (χ2v) is 14.2. The number of ether oxygens (including phenoxy) is 3. The summed E-state index contributed by atoms with van der Waals surface area (Å²) in [7, 11) is 2.98. The van der Waals surface area contributed by atoms with E-state index in [-0.39, 0.29) is 45.6 Å². The van der Waals surface area contributed by atoms with E-state index >= 15 is 4.39 Å². The predicted molar refractivity (Wildman–Crippen MR) is 184 cm³/mol. The van der Waals surface area contributed by atoms with E-state index in [9.17, 15) is 25.0 Å².